The fourth-order valence-electron chi connectivity index (χ4n) is 9.66. The zero-order valence-corrected chi connectivity index (χ0v) is 27.6. The van der Waals surface area contributed by atoms with Crippen LogP contribution < -0.4 is 0 Å². The lowest BCUT2D eigenvalue weighted by Crippen LogP contribution is -2.25. The first kappa shape index (κ1) is 27.2. The molecule has 0 saturated carbocycles. The first-order valence-corrected chi connectivity index (χ1v) is 17.7. The molecule has 0 unspecified atom stereocenters. The highest BCUT2D eigenvalue weighted by Crippen LogP contribution is 2.63. The molecule has 12 rings (SSSR count). The molecule has 51 heavy (non-hydrogen) atoms. The van der Waals surface area contributed by atoms with E-state index < -0.39 is 5.41 Å². The van der Waals surface area contributed by atoms with Crippen LogP contribution in [0.1, 0.15) is 22.3 Å². The van der Waals surface area contributed by atoms with E-state index in [9.17, 15) is 0 Å². The van der Waals surface area contributed by atoms with Gasteiger partial charge in [0.25, 0.3) is 0 Å². The summed E-state index contributed by atoms with van der Waals surface area (Å²) in [7, 11) is 0. The number of furan rings is 1. The molecule has 8 aromatic carbocycles. The Morgan fingerprint density at radius 1 is 0.412 bits per heavy atom. The van der Waals surface area contributed by atoms with Gasteiger partial charge < -0.3 is 8.98 Å². The van der Waals surface area contributed by atoms with E-state index >= 15 is 0 Å². The third-order valence-corrected chi connectivity index (χ3v) is 11.6. The van der Waals surface area contributed by atoms with Gasteiger partial charge in [0, 0.05) is 27.2 Å². The predicted molar refractivity (Wildman–Crippen MR) is 210 cm³/mol. The number of rotatable bonds is 2. The molecule has 0 N–H and O–H groups in total. The topological polar surface area (TPSA) is 18.1 Å². The van der Waals surface area contributed by atoms with Crippen LogP contribution in [0.2, 0.25) is 0 Å². The summed E-state index contributed by atoms with van der Waals surface area (Å²) in [6.45, 7) is 0. The van der Waals surface area contributed by atoms with Crippen molar-refractivity contribution in [3.63, 3.8) is 0 Å². The maximum atomic E-state index is 6.80. The summed E-state index contributed by atoms with van der Waals surface area (Å²) < 4.78 is 9.19. The molecule has 0 aliphatic heterocycles. The second-order valence-corrected chi connectivity index (χ2v) is 14.0. The van der Waals surface area contributed by atoms with Crippen LogP contribution in [0.25, 0.3) is 82.8 Å². The number of hydrogen-bond donors (Lipinski definition) is 0. The van der Waals surface area contributed by atoms with Crippen molar-refractivity contribution in [2.24, 2.45) is 0 Å². The summed E-state index contributed by atoms with van der Waals surface area (Å²) >= 11 is 0. The highest BCUT2D eigenvalue weighted by Gasteiger charge is 2.51. The highest BCUT2D eigenvalue weighted by molar-refractivity contribution is 6.26. The standard InChI is InChI=1S/C49H29NO/c1-2-14-31(15-3-1)50-44-24-12-7-20-37(44)46-38(29-39-36-19-8-13-25-45(36)51-48(39)47(46)50)30-26-27-35-34-18-6-11-23-42(34)49(43(35)28-30)40-21-9-4-16-32(40)33-17-5-10-22-41(33)49/h1-29H. The molecule has 0 atom stereocenters. The van der Waals surface area contributed by atoms with Crippen molar-refractivity contribution in [1.82, 2.24) is 4.57 Å². The molecule has 0 radical (unpaired) electrons. The number of hydrogen-bond acceptors (Lipinski definition) is 1. The molecule has 0 bridgehead atoms. The molecule has 2 nitrogen and oxygen atoms in total. The maximum absolute atomic E-state index is 6.80. The molecule has 2 heteroatoms. The minimum atomic E-state index is -0.404. The Bertz CT molecular complexity index is 3020. The van der Waals surface area contributed by atoms with Gasteiger partial charge in [0.2, 0.25) is 0 Å². The van der Waals surface area contributed by atoms with Gasteiger partial charge in [-0.05, 0) is 92.0 Å². The smallest absolute Gasteiger partial charge is 0.160 e. The fourth-order valence-corrected chi connectivity index (χ4v) is 9.66. The lowest BCUT2D eigenvalue weighted by molar-refractivity contribution is 0.671. The molecular weight excluding hydrogens is 619 g/mol. The molecule has 236 valence electrons. The Kier molecular flexibility index (Phi) is 5.20. The number of benzene rings is 8. The molecule has 2 aromatic heterocycles. The third kappa shape index (κ3) is 3.32. The third-order valence-electron chi connectivity index (χ3n) is 11.6. The molecule has 0 saturated heterocycles. The number of nitrogens with zero attached hydrogens (tertiary/aromatic N) is 1. The minimum Gasteiger partial charge on any atom is -0.454 e. The zero-order chi connectivity index (χ0) is 33.3. The van der Waals surface area contributed by atoms with E-state index in [-0.39, 0.29) is 0 Å². The summed E-state index contributed by atoms with van der Waals surface area (Å²) in [4.78, 5) is 0. The lowest BCUT2D eigenvalue weighted by atomic mass is 9.70. The Labute approximate surface area is 294 Å². The average molecular weight is 648 g/mol. The van der Waals surface area contributed by atoms with Gasteiger partial charge in [-0.15, -0.1) is 0 Å². The van der Waals surface area contributed by atoms with Crippen molar-refractivity contribution >= 4 is 43.7 Å². The van der Waals surface area contributed by atoms with E-state index in [1.165, 1.54) is 66.4 Å². The normalized spacial score (nSPS) is 13.6. The Morgan fingerprint density at radius 3 is 1.69 bits per heavy atom. The molecule has 10 aromatic rings. The molecular formula is C49H29NO. The van der Waals surface area contributed by atoms with Crippen LogP contribution in [0, 0.1) is 0 Å². The maximum Gasteiger partial charge on any atom is 0.160 e. The summed E-state index contributed by atoms with van der Waals surface area (Å²) in [5.41, 5.74) is 17.9. The Hall–Kier alpha value is -6.64. The van der Waals surface area contributed by atoms with E-state index in [2.05, 4.69) is 180 Å². The molecule has 0 amide bonds. The molecule has 2 aliphatic carbocycles. The van der Waals surface area contributed by atoms with Crippen molar-refractivity contribution < 1.29 is 4.42 Å². The van der Waals surface area contributed by atoms with E-state index in [1.807, 2.05) is 0 Å². The molecule has 2 aliphatic rings. The summed E-state index contributed by atoms with van der Waals surface area (Å²) in [6, 6.07) is 64.7. The van der Waals surface area contributed by atoms with Gasteiger partial charge in [0.05, 0.1) is 16.4 Å². The number of para-hydroxylation sites is 3. The number of fused-ring (bicyclic) bond motifs is 17. The van der Waals surface area contributed by atoms with Crippen LogP contribution in [-0.4, -0.2) is 4.57 Å². The van der Waals surface area contributed by atoms with Crippen molar-refractivity contribution in [2.75, 3.05) is 0 Å². The first-order chi connectivity index (χ1) is 25.3. The second kappa shape index (κ2) is 9.74. The van der Waals surface area contributed by atoms with Gasteiger partial charge in [-0.2, -0.15) is 0 Å². The molecule has 0 fully saturated rings. The van der Waals surface area contributed by atoms with Crippen LogP contribution in [0.5, 0.6) is 0 Å². The van der Waals surface area contributed by atoms with Crippen LogP contribution in [0.3, 0.4) is 0 Å². The van der Waals surface area contributed by atoms with Gasteiger partial charge in [-0.1, -0.05) is 140 Å². The second-order valence-electron chi connectivity index (χ2n) is 14.0. The fraction of sp³-hybridized carbons (Fsp3) is 0.0204. The largest absolute Gasteiger partial charge is 0.454 e. The average Bonchev–Trinajstić information content (AvgIpc) is 3.92. The van der Waals surface area contributed by atoms with E-state index in [0.29, 0.717) is 0 Å². The monoisotopic (exact) mass is 647 g/mol. The van der Waals surface area contributed by atoms with E-state index in [4.69, 9.17) is 4.42 Å². The van der Waals surface area contributed by atoms with Gasteiger partial charge in [-0.3, -0.25) is 0 Å². The van der Waals surface area contributed by atoms with Gasteiger partial charge in [0.15, 0.2) is 5.58 Å². The SMILES string of the molecule is c1ccc(-n2c3ccccc3c3c(-c4ccc5c(c4)C4(c6ccccc6-c6ccccc64)c4ccccc4-5)cc4c5ccccc5oc4c32)cc1. The predicted octanol–water partition coefficient (Wildman–Crippen LogP) is 12.7. The van der Waals surface area contributed by atoms with Crippen molar-refractivity contribution in [1.29, 1.82) is 0 Å². The molecule has 1 spiro atoms. The van der Waals surface area contributed by atoms with Crippen molar-refractivity contribution in [3.05, 3.63) is 198 Å². The van der Waals surface area contributed by atoms with Crippen molar-refractivity contribution in [2.45, 2.75) is 5.41 Å². The number of aromatic nitrogens is 1. The Balaban J connectivity index is 1.25. The van der Waals surface area contributed by atoms with Gasteiger partial charge in [0.1, 0.15) is 5.58 Å². The summed E-state index contributed by atoms with van der Waals surface area (Å²) in [5, 5.41) is 4.67. The highest BCUT2D eigenvalue weighted by atomic mass is 16.3. The lowest BCUT2D eigenvalue weighted by Gasteiger charge is -2.30. The zero-order valence-electron chi connectivity index (χ0n) is 27.6. The summed E-state index contributed by atoms with van der Waals surface area (Å²) in [5.74, 6) is 0. The van der Waals surface area contributed by atoms with E-state index in [1.54, 1.807) is 0 Å². The van der Waals surface area contributed by atoms with Crippen LogP contribution in [-0.2, 0) is 5.41 Å². The van der Waals surface area contributed by atoms with Crippen LogP contribution >= 0.6 is 0 Å². The van der Waals surface area contributed by atoms with Gasteiger partial charge in [-0.25, -0.2) is 0 Å². The van der Waals surface area contributed by atoms with E-state index in [0.717, 1.165) is 38.7 Å². The van der Waals surface area contributed by atoms with Crippen LogP contribution in [0.4, 0.5) is 0 Å². The molecule has 2 heterocycles. The van der Waals surface area contributed by atoms with Crippen molar-refractivity contribution in [3.8, 4) is 39.1 Å². The Morgan fingerprint density at radius 2 is 0.980 bits per heavy atom. The first-order valence-electron chi connectivity index (χ1n) is 17.7. The van der Waals surface area contributed by atoms with Crippen LogP contribution in [0.15, 0.2) is 180 Å². The minimum absolute atomic E-state index is 0.404. The quantitative estimate of drug-likeness (QED) is 0.183. The van der Waals surface area contributed by atoms with Gasteiger partial charge >= 0.3 is 0 Å². The summed E-state index contributed by atoms with van der Waals surface area (Å²) in [6.07, 6.45) is 0.